The van der Waals surface area contributed by atoms with Crippen LogP contribution in [-0.2, 0) is 14.3 Å². The molecule has 0 bridgehead atoms. The molecule has 0 aliphatic rings. The SMILES string of the molecule is COc1ccc(C(=O)COC(=O)CCC(=O)Nc2ccc(C)c(Cl)c2)cc1. The fourth-order valence-corrected chi connectivity index (χ4v) is 2.37. The Labute approximate surface area is 162 Å². The van der Waals surface area contributed by atoms with Gasteiger partial charge in [-0.3, -0.25) is 14.4 Å². The molecule has 1 amide bonds. The molecule has 0 aliphatic heterocycles. The predicted molar refractivity (Wildman–Crippen MR) is 102 cm³/mol. The van der Waals surface area contributed by atoms with Crippen LogP contribution in [0.2, 0.25) is 5.02 Å². The van der Waals surface area contributed by atoms with E-state index in [0.717, 1.165) is 5.56 Å². The van der Waals surface area contributed by atoms with Gasteiger partial charge in [-0.15, -0.1) is 0 Å². The number of hydrogen-bond donors (Lipinski definition) is 1. The molecular weight excluding hydrogens is 370 g/mol. The Balaban J connectivity index is 1.74. The summed E-state index contributed by atoms with van der Waals surface area (Å²) >= 11 is 6.00. The second kappa shape index (κ2) is 9.73. The van der Waals surface area contributed by atoms with Crippen molar-refractivity contribution < 1.29 is 23.9 Å². The fraction of sp³-hybridized carbons (Fsp3) is 0.250. The van der Waals surface area contributed by atoms with Gasteiger partial charge in [-0.05, 0) is 48.9 Å². The first-order chi connectivity index (χ1) is 12.9. The first kappa shape index (κ1) is 20.5. The Hall–Kier alpha value is -2.86. The molecular formula is C20H20ClNO5. The van der Waals surface area contributed by atoms with Gasteiger partial charge in [-0.2, -0.15) is 0 Å². The van der Waals surface area contributed by atoms with Gasteiger partial charge in [0.15, 0.2) is 12.4 Å². The number of methoxy groups -OCH3 is 1. The van der Waals surface area contributed by atoms with Crippen molar-refractivity contribution in [3.8, 4) is 5.75 Å². The summed E-state index contributed by atoms with van der Waals surface area (Å²) < 4.78 is 9.94. The molecule has 2 aromatic carbocycles. The lowest BCUT2D eigenvalue weighted by Gasteiger charge is -2.07. The van der Waals surface area contributed by atoms with Gasteiger partial charge in [-0.1, -0.05) is 17.7 Å². The summed E-state index contributed by atoms with van der Waals surface area (Å²) in [6.07, 6.45) is -0.178. The maximum Gasteiger partial charge on any atom is 0.306 e. The molecule has 1 N–H and O–H groups in total. The molecule has 0 aliphatic carbocycles. The summed E-state index contributed by atoms with van der Waals surface area (Å²) in [6.45, 7) is 1.48. The zero-order valence-electron chi connectivity index (χ0n) is 15.1. The summed E-state index contributed by atoms with van der Waals surface area (Å²) in [5.74, 6) is -0.656. The quantitative estimate of drug-likeness (QED) is 0.548. The number of carbonyl (C=O) groups excluding carboxylic acids is 3. The minimum absolute atomic E-state index is 0.0545. The number of carbonyl (C=O) groups is 3. The molecule has 0 aromatic heterocycles. The maximum absolute atomic E-state index is 12.0. The number of Topliss-reactive ketones (excluding diaryl/α,β-unsaturated/α-hetero) is 1. The number of halogens is 1. The van der Waals surface area contributed by atoms with Gasteiger partial charge in [-0.25, -0.2) is 0 Å². The van der Waals surface area contributed by atoms with Gasteiger partial charge in [0.25, 0.3) is 0 Å². The second-order valence-corrected chi connectivity index (χ2v) is 6.23. The molecule has 7 heteroatoms. The van der Waals surface area contributed by atoms with Gasteiger partial charge >= 0.3 is 5.97 Å². The van der Waals surface area contributed by atoms with Crippen LogP contribution in [0.25, 0.3) is 0 Å². The number of amides is 1. The molecule has 27 heavy (non-hydrogen) atoms. The van der Waals surface area contributed by atoms with Crippen molar-refractivity contribution in [2.45, 2.75) is 19.8 Å². The molecule has 0 unspecified atom stereocenters. The highest BCUT2D eigenvalue weighted by Crippen LogP contribution is 2.20. The molecule has 0 saturated heterocycles. The van der Waals surface area contributed by atoms with Crippen LogP contribution in [0.5, 0.6) is 5.75 Å². The van der Waals surface area contributed by atoms with Crippen molar-refractivity contribution in [3.63, 3.8) is 0 Å². The van der Waals surface area contributed by atoms with Crippen LogP contribution in [0, 0.1) is 6.92 Å². The Kier molecular flexibility index (Phi) is 7.37. The van der Waals surface area contributed by atoms with Crippen molar-refractivity contribution in [2.75, 3.05) is 19.0 Å². The fourth-order valence-electron chi connectivity index (χ4n) is 2.19. The molecule has 142 valence electrons. The van der Waals surface area contributed by atoms with E-state index in [4.69, 9.17) is 21.1 Å². The molecule has 0 heterocycles. The average Bonchev–Trinajstić information content (AvgIpc) is 2.67. The smallest absolute Gasteiger partial charge is 0.306 e. The highest BCUT2D eigenvalue weighted by molar-refractivity contribution is 6.31. The third-order valence-electron chi connectivity index (χ3n) is 3.79. The number of anilines is 1. The molecule has 0 fully saturated rings. The Morgan fingerprint density at radius 2 is 1.74 bits per heavy atom. The third kappa shape index (κ3) is 6.42. The van der Waals surface area contributed by atoms with Crippen LogP contribution in [0.4, 0.5) is 5.69 Å². The van der Waals surface area contributed by atoms with Gasteiger partial charge in [0, 0.05) is 22.7 Å². The van der Waals surface area contributed by atoms with E-state index < -0.39 is 5.97 Å². The topological polar surface area (TPSA) is 81.7 Å². The van der Waals surface area contributed by atoms with E-state index in [2.05, 4.69) is 5.32 Å². The van der Waals surface area contributed by atoms with Crippen LogP contribution >= 0.6 is 11.6 Å². The molecule has 0 spiro atoms. The highest BCUT2D eigenvalue weighted by Gasteiger charge is 2.12. The van der Waals surface area contributed by atoms with E-state index in [1.165, 1.54) is 7.11 Å². The second-order valence-electron chi connectivity index (χ2n) is 5.82. The number of hydrogen-bond acceptors (Lipinski definition) is 5. The maximum atomic E-state index is 12.0. The normalized spacial score (nSPS) is 10.2. The third-order valence-corrected chi connectivity index (χ3v) is 4.20. The van der Waals surface area contributed by atoms with E-state index in [-0.39, 0.29) is 31.1 Å². The summed E-state index contributed by atoms with van der Waals surface area (Å²) in [7, 11) is 1.53. The predicted octanol–water partition coefficient (Wildman–Crippen LogP) is 3.80. The lowest BCUT2D eigenvalue weighted by molar-refractivity contribution is -0.143. The van der Waals surface area contributed by atoms with Gasteiger partial charge < -0.3 is 14.8 Å². The van der Waals surface area contributed by atoms with Crippen molar-refractivity contribution in [1.29, 1.82) is 0 Å². The molecule has 0 radical (unpaired) electrons. The van der Waals surface area contributed by atoms with Crippen molar-refractivity contribution in [2.24, 2.45) is 0 Å². The number of ether oxygens (including phenoxy) is 2. The number of rotatable bonds is 8. The van der Waals surface area contributed by atoms with Crippen LogP contribution in [-0.4, -0.2) is 31.4 Å². The molecule has 2 rings (SSSR count). The van der Waals surface area contributed by atoms with Crippen LogP contribution in [0.3, 0.4) is 0 Å². The van der Waals surface area contributed by atoms with Crippen molar-refractivity contribution in [1.82, 2.24) is 0 Å². The Bertz CT molecular complexity index is 833. The van der Waals surface area contributed by atoms with E-state index in [0.29, 0.717) is 22.0 Å². The van der Waals surface area contributed by atoms with Crippen LogP contribution in [0.1, 0.15) is 28.8 Å². The number of nitrogens with one attached hydrogen (secondary N) is 1. The largest absolute Gasteiger partial charge is 0.497 e. The van der Waals surface area contributed by atoms with Crippen molar-refractivity contribution >= 4 is 34.9 Å². The molecule has 6 nitrogen and oxygen atoms in total. The van der Waals surface area contributed by atoms with Gasteiger partial charge in [0.1, 0.15) is 5.75 Å². The van der Waals surface area contributed by atoms with Crippen LogP contribution < -0.4 is 10.1 Å². The zero-order valence-corrected chi connectivity index (χ0v) is 15.8. The summed E-state index contributed by atoms with van der Waals surface area (Å²) in [6, 6.07) is 11.6. The molecule has 2 aromatic rings. The number of ketones is 1. The number of esters is 1. The van der Waals surface area contributed by atoms with E-state index in [1.807, 2.05) is 6.92 Å². The number of benzene rings is 2. The summed E-state index contributed by atoms with van der Waals surface area (Å²) in [5.41, 5.74) is 1.87. The minimum atomic E-state index is -0.617. The first-order valence-electron chi connectivity index (χ1n) is 8.28. The monoisotopic (exact) mass is 389 g/mol. The lowest BCUT2D eigenvalue weighted by atomic mass is 10.1. The Morgan fingerprint density at radius 1 is 1.04 bits per heavy atom. The molecule has 0 atom stereocenters. The van der Waals surface area contributed by atoms with Gasteiger partial charge in [0.2, 0.25) is 5.91 Å². The van der Waals surface area contributed by atoms with E-state index in [1.54, 1.807) is 42.5 Å². The lowest BCUT2D eigenvalue weighted by Crippen LogP contribution is -2.17. The molecule has 0 saturated carbocycles. The standard InChI is InChI=1S/C20H20ClNO5/c1-13-3-6-15(11-17(13)21)22-19(24)9-10-20(25)27-12-18(23)14-4-7-16(26-2)8-5-14/h3-8,11H,9-10,12H2,1-2H3,(H,22,24). The van der Waals surface area contributed by atoms with Crippen molar-refractivity contribution in [3.05, 3.63) is 58.6 Å². The van der Waals surface area contributed by atoms with E-state index >= 15 is 0 Å². The highest BCUT2D eigenvalue weighted by atomic mass is 35.5. The minimum Gasteiger partial charge on any atom is -0.497 e. The Morgan fingerprint density at radius 3 is 2.37 bits per heavy atom. The van der Waals surface area contributed by atoms with Gasteiger partial charge in [0.05, 0.1) is 13.5 Å². The summed E-state index contributed by atoms with van der Waals surface area (Å²) in [5, 5.41) is 3.20. The zero-order chi connectivity index (χ0) is 19.8. The van der Waals surface area contributed by atoms with Crippen LogP contribution in [0.15, 0.2) is 42.5 Å². The average molecular weight is 390 g/mol. The summed E-state index contributed by atoms with van der Waals surface area (Å²) in [4.78, 5) is 35.6. The number of aryl methyl sites for hydroxylation is 1. The first-order valence-corrected chi connectivity index (χ1v) is 8.65. The van der Waals surface area contributed by atoms with E-state index in [9.17, 15) is 14.4 Å².